The Bertz CT molecular complexity index is 870. The van der Waals surface area contributed by atoms with Crippen LogP contribution in [0.15, 0.2) is 28.8 Å². The third kappa shape index (κ3) is 3.77. The summed E-state index contributed by atoms with van der Waals surface area (Å²) >= 11 is 5.92. The molecule has 1 heterocycles. The van der Waals surface area contributed by atoms with Crippen LogP contribution in [0.1, 0.15) is 60.3 Å². The summed E-state index contributed by atoms with van der Waals surface area (Å²) in [4.78, 5) is 12.9. The van der Waals surface area contributed by atoms with Crippen molar-refractivity contribution in [3.05, 3.63) is 46.3 Å². The number of amides is 1. The minimum absolute atomic E-state index is 0.160. The van der Waals surface area contributed by atoms with E-state index in [1.165, 1.54) is 38.5 Å². The van der Waals surface area contributed by atoms with Gasteiger partial charge in [-0.15, -0.1) is 0 Å². The van der Waals surface area contributed by atoms with E-state index in [0.717, 1.165) is 24.3 Å². The number of carbonyl (C=O) groups excluding carboxylic acids is 1. The summed E-state index contributed by atoms with van der Waals surface area (Å²) in [5, 5.41) is 7.86. The van der Waals surface area contributed by atoms with Crippen molar-refractivity contribution in [1.82, 2.24) is 10.5 Å². The van der Waals surface area contributed by atoms with Crippen molar-refractivity contribution in [2.45, 2.75) is 52.1 Å². The van der Waals surface area contributed by atoms with Crippen molar-refractivity contribution < 1.29 is 14.1 Å². The topological polar surface area (TPSA) is 64.4 Å². The molecule has 1 amide bonds. The van der Waals surface area contributed by atoms with E-state index < -0.39 is 0 Å². The minimum Gasteiger partial charge on any atom is -0.489 e. The summed E-state index contributed by atoms with van der Waals surface area (Å²) in [7, 11) is 0. The standard InChI is InChI=1S/C23H27ClN2O3/c1-14-20(12-28-19-4-2-18(24)3-5-19)21(26-29-14)22(27)25-13-23-9-15-6-16(10-23)8-17(7-15)11-23/h2-5,15-17H,6-13H2,1H3,(H,25,27). The van der Waals surface area contributed by atoms with E-state index >= 15 is 0 Å². The SMILES string of the molecule is Cc1onc(C(=O)NCC23CC4CC(CC(C4)C2)C3)c1COc1ccc(Cl)cc1. The molecule has 4 aliphatic carbocycles. The first-order valence-corrected chi connectivity index (χ1v) is 11.0. The fourth-order valence-electron chi connectivity index (χ4n) is 6.28. The number of aryl methyl sites for hydroxylation is 1. The summed E-state index contributed by atoms with van der Waals surface area (Å²) in [5.74, 6) is 3.75. The third-order valence-corrected chi connectivity index (χ3v) is 7.44. The van der Waals surface area contributed by atoms with Crippen LogP contribution in [0.3, 0.4) is 0 Å². The van der Waals surface area contributed by atoms with Crippen molar-refractivity contribution in [3.63, 3.8) is 0 Å². The van der Waals surface area contributed by atoms with Gasteiger partial charge in [0, 0.05) is 11.6 Å². The first-order chi connectivity index (χ1) is 14.0. The maximum atomic E-state index is 12.9. The Morgan fingerprint density at radius 2 is 1.79 bits per heavy atom. The van der Waals surface area contributed by atoms with Crippen LogP contribution >= 0.6 is 11.6 Å². The Hall–Kier alpha value is -2.01. The molecule has 0 radical (unpaired) electrons. The number of rotatable bonds is 6. The van der Waals surface area contributed by atoms with E-state index in [1.54, 1.807) is 24.3 Å². The molecular formula is C23H27ClN2O3. The number of benzene rings is 1. The Kier molecular flexibility index (Phi) is 4.81. The number of nitrogens with zero attached hydrogens (tertiary/aromatic N) is 1. The molecule has 6 rings (SSSR count). The van der Waals surface area contributed by atoms with E-state index in [-0.39, 0.29) is 12.5 Å². The number of halogens is 1. The second-order valence-corrected chi connectivity index (χ2v) is 9.85. The van der Waals surface area contributed by atoms with E-state index in [4.69, 9.17) is 20.9 Å². The van der Waals surface area contributed by atoms with E-state index in [0.29, 0.717) is 33.2 Å². The van der Waals surface area contributed by atoms with Crippen molar-refractivity contribution >= 4 is 17.5 Å². The second-order valence-electron chi connectivity index (χ2n) is 9.41. The lowest BCUT2D eigenvalue weighted by atomic mass is 9.49. The van der Waals surface area contributed by atoms with Crippen LogP contribution in [0.2, 0.25) is 5.02 Å². The fourth-order valence-corrected chi connectivity index (χ4v) is 6.41. The number of hydrogen-bond donors (Lipinski definition) is 1. The molecule has 1 aromatic heterocycles. The van der Waals surface area contributed by atoms with E-state index in [1.807, 2.05) is 6.92 Å². The van der Waals surface area contributed by atoms with Gasteiger partial charge in [0.15, 0.2) is 5.69 Å². The Morgan fingerprint density at radius 1 is 1.17 bits per heavy atom. The van der Waals surface area contributed by atoms with Gasteiger partial charge in [0.05, 0.1) is 5.56 Å². The lowest BCUT2D eigenvalue weighted by Crippen LogP contribution is -2.51. The van der Waals surface area contributed by atoms with Crippen molar-refractivity contribution in [2.75, 3.05) is 6.54 Å². The van der Waals surface area contributed by atoms with Gasteiger partial charge in [-0.2, -0.15) is 0 Å². The van der Waals surface area contributed by atoms with Gasteiger partial charge in [-0.1, -0.05) is 16.8 Å². The van der Waals surface area contributed by atoms with Gasteiger partial charge in [-0.05, 0) is 92.9 Å². The van der Waals surface area contributed by atoms with Crippen LogP contribution in [-0.2, 0) is 6.61 Å². The van der Waals surface area contributed by atoms with E-state index in [9.17, 15) is 4.79 Å². The van der Waals surface area contributed by atoms with Crippen LogP contribution in [0, 0.1) is 30.1 Å². The molecule has 1 N–H and O–H groups in total. The second kappa shape index (κ2) is 7.35. The molecule has 2 aromatic rings. The molecule has 0 atom stereocenters. The maximum absolute atomic E-state index is 12.9. The molecule has 0 saturated heterocycles. The predicted octanol–water partition coefficient (Wildman–Crippen LogP) is 5.16. The molecule has 0 spiro atoms. The molecule has 6 heteroatoms. The molecule has 29 heavy (non-hydrogen) atoms. The van der Waals surface area contributed by atoms with Gasteiger partial charge in [0.25, 0.3) is 5.91 Å². The normalized spacial score (nSPS) is 29.8. The maximum Gasteiger partial charge on any atom is 0.273 e. The molecule has 154 valence electrons. The van der Waals surface area contributed by atoms with Crippen LogP contribution in [0.4, 0.5) is 0 Å². The molecule has 5 nitrogen and oxygen atoms in total. The van der Waals surface area contributed by atoms with Crippen molar-refractivity contribution in [1.29, 1.82) is 0 Å². The highest BCUT2D eigenvalue weighted by Gasteiger charge is 2.50. The summed E-state index contributed by atoms with van der Waals surface area (Å²) in [6.45, 7) is 2.79. The molecule has 4 bridgehead atoms. The number of hydrogen-bond acceptors (Lipinski definition) is 4. The zero-order valence-corrected chi connectivity index (χ0v) is 17.5. The van der Waals surface area contributed by atoms with Gasteiger partial charge in [-0.25, -0.2) is 0 Å². The average molecular weight is 415 g/mol. The van der Waals surface area contributed by atoms with E-state index in [2.05, 4.69) is 10.5 Å². The van der Waals surface area contributed by atoms with Crippen LogP contribution < -0.4 is 10.1 Å². The van der Waals surface area contributed by atoms with Gasteiger partial charge in [0.1, 0.15) is 18.1 Å². The Labute approximate surface area is 176 Å². The lowest BCUT2D eigenvalue weighted by molar-refractivity contribution is -0.0503. The fraction of sp³-hybridized carbons (Fsp3) is 0.565. The third-order valence-electron chi connectivity index (χ3n) is 7.19. The van der Waals surface area contributed by atoms with Gasteiger partial charge in [0.2, 0.25) is 0 Å². The Balaban J connectivity index is 1.24. The average Bonchev–Trinajstić information content (AvgIpc) is 3.05. The largest absolute Gasteiger partial charge is 0.489 e. The molecule has 0 unspecified atom stereocenters. The lowest BCUT2D eigenvalue weighted by Gasteiger charge is -2.56. The first-order valence-electron chi connectivity index (χ1n) is 10.6. The van der Waals surface area contributed by atoms with Crippen molar-refractivity contribution in [2.24, 2.45) is 23.2 Å². The molecule has 4 aliphatic rings. The quantitative estimate of drug-likeness (QED) is 0.708. The molecule has 0 aliphatic heterocycles. The molecule has 4 saturated carbocycles. The molecule has 1 aromatic carbocycles. The minimum atomic E-state index is -0.160. The summed E-state index contributed by atoms with van der Waals surface area (Å²) in [6.07, 6.45) is 8.02. The number of nitrogens with one attached hydrogen (secondary N) is 1. The van der Waals surface area contributed by atoms with Gasteiger partial charge >= 0.3 is 0 Å². The monoisotopic (exact) mass is 414 g/mol. The highest BCUT2D eigenvalue weighted by Crippen LogP contribution is 2.59. The van der Waals surface area contributed by atoms with Crippen LogP contribution in [0.25, 0.3) is 0 Å². The van der Waals surface area contributed by atoms with Crippen LogP contribution in [0.5, 0.6) is 5.75 Å². The molecular weight excluding hydrogens is 388 g/mol. The van der Waals surface area contributed by atoms with Crippen LogP contribution in [-0.4, -0.2) is 17.6 Å². The zero-order chi connectivity index (χ0) is 20.0. The number of ether oxygens (including phenoxy) is 1. The summed E-state index contributed by atoms with van der Waals surface area (Å²) in [5.41, 5.74) is 1.33. The smallest absolute Gasteiger partial charge is 0.273 e. The Morgan fingerprint density at radius 3 is 2.41 bits per heavy atom. The first kappa shape index (κ1) is 19.0. The van der Waals surface area contributed by atoms with Crippen molar-refractivity contribution in [3.8, 4) is 5.75 Å². The number of aromatic nitrogens is 1. The zero-order valence-electron chi connectivity index (χ0n) is 16.7. The van der Waals surface area contributed by atoms with Gasteiger partial charge < -0.3 is 14.6 Å². The summed E-state index contributed by atoms with van der Waals surface area (Å²) < 4.78 is 11.1. The van der Waals surface area contributed by atoms with Gasteiger partial charge in [-0.3, -0.25) is 4.79 Å². The predicted molar refractivity (Wildman–Crippen MR) is 110 cm³/mol. The summed E-state index contributed by atoms with van der Waals surface area (Å²) in [6, 6.07) is 7.16. The number of carbonyl (C=O) groups is 1. The highest BCUT2D eigenvalue weighted by molar-refractivity contribution is 6.30. The highest BCUT2D eigenvalue weighted by atomic mass is 35.5. The molecule has 4 fully saturated rings.